The number of benzene rings is 2. The van der Waals surface area contributed by atoms with Crippen LogP contribution in [0.4, 0.5) is 5.69 Å². The molecule has 1 saturated heterocycles. The summed E-state index contributed by atoms with van der Waals surface area (Å²) in [5, 5.41) is 12.3. The third kappa shape index (κ3) is 4.21. The number of nitrogens with zero attached hydrogens (tertiary/aromatic N) is 4. The molecule has 0 unspecified atom stereocenters. The molecule has 2 aromatic carbocycles. The van der Waals surface area contributed by atoms with E-state index in [2.05, 4.69) is 83.9 Å². The number of rotatable bonds is 6. The third-order valence-corrected chi connectivity index (χ3v) is 7.20. The SMILES string of the molecule is CC(C)CN1CN(C)Cc2c1cn(Cc1cccc3ccccc13)c2C(=O)N1CCC[C@H]1CO. The van der Waals surface area contributed by atoms with Crippen molar-refractivity contribution >= 4 is 22.4 Å². The Kier molecular flexibility index (Phi) is 6.36. The fraction of sp³-hybridized carbons (Fsp3) is 0.464. The first kappa shape index (κ1) is 22.9. The predicted octanol–water partition coefficient (Wildman–Crippen LogP) is 4.15. The molecule has 0 spiro atoms. The normalized spacial score (nSPS) is 18.8. The molecule has 180 valence electrons. The van der Waals surface area contributed by atoms with Crippen LogP contribution < -0.4 is 4.90 Å². The van der Waals surface area contributed by atoms with Gasteiger partial charge in [0, 0.05) is 37.9 Å². The number of hydrogen-bond donors (Lipinski definition) is 1. The van der Waals surface area contributed by atoms with Crippen molar-refractivity contribution < 1.29 is 9.90 Å². The first-order valence-electron chi connectivity index (χ1n) is 12.5. The first-order valence-corrected chi connectivity index (χ1v) is 12.5. The summed E-state index contributed by atoms with van der Waals surface area (Å²) >= 11 is 0. The summed E-state index contributed by atoms with van der Waals surface area (Å²) < 4.78 is 2.17. The van der Waals surface area contributed by atoms with Gasteiger partial charge in [0.2, 0.25) is 0 Å². The zero-order valence-electron chi connectivity index (χ0n) is 20.6. The molecule has 3 heterocycles. The van der Waals surface area contributed by atoms with Crippen LogP contribution in [0, 0.1) is 5.92 Å². The second kappa shape index (κ2) is 9.43. The maximum atomic E-state index is 14.0. The highest BCUT2D eigenvalue weighted by molar-refractivity contribution is 5.97. The molecule has 6 nitrogen and oxygen atoms in total. The molecule has 1 fully saturated rings. The number of amides is 1. The predicted molar refractivity (Wildman–Crippen MR) is 137 cm³/mol. The van der Waals surface area contributed by atoms with Crippen molar-refractivity contribution in [2.75, 3.05) is 38.3 Å². The number of aromatic nitrogens is 1. The van der Waals surface area contributed by atoms with Crippen molar-refractivity contribution in [2.45, 2.75) is 45.8 Å². The van der Waals surface area contributed by atoms with E-state index in [9.17, 15) is 9.90 Å². The van der Waals surface area contributed by atoms with Gasteiger partial charge in [-0.25, -0.2) is 0 Å². The minimum atomic E-state index is -0.0860. The zero-order valence-corrected chi connectivity index (χ0v) is 20.6. The van der Waals surface area contributed by atoms with Gasteiger partial charge in [0.25, 0.3) is 5.91 Å². The molecule has 2 aliphatic rings. The van der Waals surface area contributed by atoms with Crippen LogP contribution in [0.2, 0.25) is 0 Å². The maximum absolute atomic E-state index is 14.0. The highest BCUT2D eigenvalue weighted by Crippen LogP contribution is 2.35. The van der Waals surface area contributed by atoms with Gasteiger partial charge in [-0.05, 0) is 42.1 Å². The summed E-state index contributed by atoms with van der Waals surface area (Å²) in [5.74, 6) is 0.579. The molecule has 5 rings (SSSR count). The Hall–Kier alpha value is -2.83. The average Bonchev–Trinajstić information content (AvgIpc) is 3.43. The Labute approximate surface area is 202 Å². The second-order valence-corrected chi connectivity index (χ2v) is 10.4. The van der Waals surface area contributed by atoms with Crippen LogP contribution in [0.1, 0.15) is 48.3 Å². The quantitative estimate of drug-likeness (QED) is 0.600. The lowest BCUT2D eigenvalue weighted by molar-refractivity contribution is 0.0665. The van der Waals surface area contributed by atoms with E-state index in [1.807, 2.05) is 4.90 Å². The molecule has 3 aromatic rings. The van der Waals surface area contributed by atoms with Crippen LogP contribution in [0.25, 0.3) is 10.8 Å². The minimum Gasteiger partial charge on any atom is -0.394 e. The van der Waals surface area contributed by atoms with E-state index in [0.717, 1.165) is 43.9 Å². The fourth-order valence-corrected chi connectivity index (χ4v) is 5.72. The molecule has 6 heteroatoms. The zero-order chi connectivity index (χ0) is 23.8. The minimum absolute atomic E-state index is 0.0251. The van der Waals surface area contributed by atoms with Crippen LogP contribution in [0.5, 0.6) is 0 Å². The van der Waals surface area contributed by atoms with E-state index in [0.29, 0.717) is 19.0 Å². The number of fused-ring (bicyclic) bond motifs is 2. The molecule has 1 N–H and O–H groups in total. The number of likely N-dealkylation sites (tertiary alicyclic amines) is 1. The summed E-state index contributed by atoms with van der Waals surface area (Å²) in [6, 6.07) is 14.8. The van der Waals surface area contributed by atoms with Crippen LogP contribution in [-0.2, 0) is 13.1 Å². The fourth-order valence-electron chi connectivity index (χ4n) is 5.72. The van der Waals surface area contributed by atoms with E-state index >= 15 is 0 Å². The molecule has 1 aromatic heterocycles. The molecule has 1 atom stereocenters. The Morgan fingerprint density at radius 2 is 1.94 bits per heavy atom. The smallest absolute Gasteiger partial charge is 0.271 e. The van der Waals surface area contributed by atoms with Crippen molar-refractivity contribution in [2.24, 2.45) is 5.92 Å². The number of aliphatic hydroxyl groups excluding tert-OH is 1. The van der Waals surface area contributed by atoms with Crippen LogP contribution in [0.15, 0.2) is 48.7 Å². The lowest BCUT2D eigenvalue weighted by Crippen LogP contribution is -2.43. The largest absolute Gasteiger partial charge is 0.394 e. The topological polar surface area (TPSA) is 52.0 Å². The third-order valence-electron chi connectivity index (χ3n) is 7.20. The Morgan fingerprint density at radius 1 is 1.15 bits per heavy atom. The Morgan fingerprint density at radius 3 is 2.74 bits per heavy atom. The van der Waals surface area contributed by atoms with Crippen molar-refractivity contribution in [3.63, 3.8) is 0 Å². The molecular weight excluding hydrogens is 424 g/mol. The standard InChI is InChI=1S/C28H36N4O2/c1-20(2)14-31-19-29(3)16-25-26(31)17-30(27(25)28(34)32-13-7-11-23(32)18-33)15-22-10-6-9-21-8-4-5-12-24(21)22/h4-6,8-10,12,17,20,23,33H,7,11,13-16,18-19H2,1-3H3/t23-/m0/s1. The molecule has 34 heavy (non-hydrogen) atoms. The monoisotopic (exact) mass is 460 g/mol. The summed E-state index contributed by atoms with van der Waals surface area (Å²) in [4.78, 5) is 20.6. The van der Waals surface area contributed by atoms with Gasteiger partial charge in [0.05, 0.1) is 25.0 Å². The van der Waals surface area contributed by atoms with E-state index in [-0.39, 0.29) is 18.6 Å². The lowest BCUT2D eigenvalue weighted by Gasteiger charge is -2.36. The van der Waals surface area contributed by atoms with E-state index in [1.165, 1.54) is 22.0 Å². The Bertz CT molecular complexity index is 1180. The molecule has 0 bridgehead atoms. The number of carbonyl (C=O) groups excluding carboxylic acids is 1. The molecule has 0 saturated carbocycles. The van der Waals surface area contributed by atoms with Crippen LogP contribution >= 0.6 is 0 Å². The highest BCUT2D eigenvalue weighted by atomic mass is 16.3. The summed E-state index contributed by atoms with van der Waals surface area (Å²) in [5.41, 5.74) is 4.28. The van der Waals surface area contributed by atoms with Crippen molar-refractivity contribution in [1.82, 2.24) is 14.4 Å². The maximum Gasteiger partial charge on any atom is 0.271 e. The number of anilines is 1. The molecule has 0 radical (unpaired) electrons. The Balaban J connectivity index is 1.62. The van der Waals surface area contributed by atoms with Gasteiger partial charge in [0.15, 0.2) is 0 Å². The van der Waals surface area contributed by atoms with Gasteiger partial charge in [-0.15, -0.1) is 0 Å². The number of aliphatic hydroxyl groups is 1. The van der Waals surface area contributed by atoms with Crippen molar-refractivity contribution in [1.29, 1.82) is 0 Å². The summed E-state index contributed by atoms with van der Waals surface area (Å²) in [6.07, 6.45) is 4.01. The second-order valence-electron chi connectivity index (χ2n) is 10.4. The van der Waals surface area contributed by atoms with Crippen molar-refractivity contribution in [3.05, 3.63) is 65.5 Å². The number of carbonyl (C=O) groups is 1. The highest BCUT2D eigenvalue weighted by Gasteiger charge is 2.35. The number of hydrogen-bond acceptors (Lipinski definition) is 4. The van der Waals surface area contributed by atoms with Crippen LogP contribution in [0.3, 0.4) is 0 Å². The van der Waals surface area contributed by atoms with E-state index in [1.54, 1.807) is 0 Å². The summed E-state index contributed by atoms with van der Waals surface area (Å²) in [7, 11) is 2.12. The molecule has 1 amide bonds. The van der Waals surface area contributed by atoms with E-state index < -0.39 is 0 Å². The summed E-state index contributed by atoms with van der Waals surface area (Å²) in [6.45, 7) is 8.43. The van der Waals surface area contributed by atoms with Gasteiger partial charge in [0.1, 0.15) is 5.69 Å². The van der Waals surface area contributed by atoms with Gasteiger partial charge >= 0.3 is 0 Å². The first-order chi connectivity index (χ1) is 16.5. The van der Waals surface area contributed by atoms with Crippen molar-refractivity contribution in [3.8, 4) is 0 Å². The van der Waals surface area contributed by atoms with Gasteiger partial charge < -0.3 is 19.5 Å². The molecular formula is C28H36N4O2. The average molecular weight is 461 g/mol. The molecule has 2 aliphatic heterocycles. The lowest BCUT2D eigenvalue weighted by atomic mass is 10.0. The van der Waals surface area contributed by atoms with Gasteiger partial charge in [-0.3, -0.25) is 9.69 Å². The van der Waals surface area contributed by atoms with E-state index in [4.69, 9.17) is 0 Å². The van der Waals surface area contributed by atoms with Gasteiger partial charge in [-0.2, -0.15) is 0 Å². The van der Waals surface area contributed by atoms with Crippen LogP contribution in [-0.4, -0.2) is 64.8 Å². The molecule has 0 aliphatic carbocycles. The van der Waals surface area contributed by atoms with Gasteiger partial charge in [-0.1, -0.05) is 56.3 Å².